The Morgan fingerprint density at radius 2 is 1.58 bits per heavy atom. The molecule has 1 saturated heterocycles. The molecule has 3 heteroatoms. The fraction of sp³-hybridized carbons (Fsp3) is 0.381. The molecule has 2 aromatic carbocycles. The monoisotopic (exact) mass is 322 g/mol. The maximum Gasteiger partial charge on any atom is 0.222 e. The molecule has 24 heavy (non-hydrogen) atoms. The number of hydrogen-bond acceptors (Lipinski definition) is 2. The smallest absolute Gasteiger partial charge is 0.222 e. The van der Waals surface area contributed by atoms with E-state index >= 15 is 0 Å². The zero-order chi connectivity index (χ0) is 16.8. The SMILES string of the molecule is CCC(=O)N1CCCN(Cc2ccc(-c3ccccc3)cc2)CC1. The maximum atomic E-state index is 11.9. The third-order valence-electron chi connectivity index (χ3n) is 4.71. The zero-order valence-electron chi connectivity index (χ0n) is 14.4. The average Bonchev–Trinajstić information content (AvgIpc) is 2.88. The minimum absolute atomic E-state index is 0.282. The molecule has 1 aliphatic rings. The van der Waals surface area contributed by atoms with Crippen LogP contribution in [-0.2, 0) is 11.3 Å². The van der Waals surface area contributed by atoms with Crippen molar-refractivity contribution in [3.05, 3.63) is 60.2 Å². The first-order valence-corrected chi connectivity index (χ1v) is 8.91. The highest BCUT2D eigenvalue weighted by atomic mass is 16.2. The highest BCUT2D eigenvalue weighted by molar-refractivity contribution is 5.75. The molecule has 0 aromatic heterocycles. The van der Waals surface area contributed by atoms with Crippen LogP contribution >= 0.6 is 0 Å². The van der Waals surface area contributed by atoms with E-state index in [1.165, 1.54) is 16.7 Å². The average molecular weight is 322 g/mol. The highest BCUT2D eigenvalue weighted by Crippen LogP contribution is 2.20. The van der Waals surface area contributed by atoms with Gasteiger partial charge in [0.1, 0.15) is 0 Å². The molecule has 1 aliphatic heterocycles. The Balaban J connectivity index is 1.59. The second-order valence-corrected chi connectivity index (χ2v) is 6.43. The number of carbonyl (C=O) groups excluding carboxylic acids is 1. The second kappa shape index (κ2) is 8.11. The first-order valence-electron chi connectivity index (χ1n) is 8.91. The second-order valence-electron chi connectivity index (χ2n) is 6.43. The Hall–Kier alpha value is -2.13. The van der Waals surface area contributed by atoms with Gasteiger partial charge in [-0.2, -0.15) is 0 Å². The topological polar surface area (TPSA) is 23.6 Å². The van der Waals surface area contributed by atoms with Gasteiger partial charge in [0.2, 0.25) is 5.91 Å². The van der Waals surface area contributed by atoms with Crippen LogP contribution in [0, 0.1) is 0 Å². The molecular formula is C21H26N2O. The Morgan fingerprint density at radius 1 is 0.875 bits per heavy atom. The molecule has 1 fully saturated rings. The van der Waals surface area contributed by atoms with Crippen LogP contribution in [0.2, 0.25) is 0 Å². The molecule has 2 aromatic rings. The molecule has 0 saturated carbocycles. The summed E-state index contributed by atoms with van der Waals surface area (Å²) in [6.45, 7) is 6.69. The van der Waals surface area contributed by atoms with Crippen molar-refractivity contribution in [2.75, 3.05) is 26.2 Å². The van der Waals surface area contributed by atoms with E-state index < -0.39 is 0 Å². The number of amides is 1. The predicted molar refractivity (Wildman–Crippen MR) is 98.6 cm³/mol. The lowest BCUT2D eigenvalue weighted by molar-refractivity contribution is -0.130. The molecule has 0 atom stereocenters. The first kappa shape index (κ1) is 16.7. The third kappa shape index (κ3) is 4.24. The summed E-state index contributed by atoms with van der Waals surface area (Å²) < 4.78 is 0. The van der Waals surface area contributed by atoms with Crippen LogP contribution in [0.1, 0.15) is 25.3 Å². The van der Waals surface area contributed by atoms with Gasteiger partial charge in [-0.05, 0) is 23.1 Å². The molecular weight excluding hydrogens is 296 g/mol. The number of nitrogens with zero attached hydrogens (tertiary/aromatic N) is 2. The molecule has 1 heterocycles. The Kier molecular flexibility index (Phi) is 5.65. The van der Waals surface area contributed by atoms with Crippen LogP contribution in [0.3, 0.4) is 0 Å². The van der Waals surface area contributed by atoms with E-state index in [1.54, 1.807) is 0 Å². The normalized spacial score (nSPS) is 16.0. The van der Waals surface area contributed by atoms with Crippen LogP contribution in [-0.4, -0.2) is 41.9 Å². The van der Waals surface area contributed by atoms with E-state index in [2.05, 4.69) is 53.4 Å². The molecule has 126 valence electrons. The largest absolute Gasteiger partial charge is 0.341 e. The van der Waals surface area contributed by atoms with Crippen molar-refractivity contribution in [2.45, 2.75) is 26.3 Å². The first-order chi connectivity index (χ1) is 11.8. The van der Waals surface area contributed by atoms with Gasteiger partial charge >= 0.3 is 0 Å². The number of carbonyl (C=O) groups is 1. The van der Waals surface area contributed by atoms with Gasteiger partial charge in [-0.15, -0.1) is 0 Å². The molecule has 0 unspecified atom stereocenters. The van der Waals surface area contributed by atoms with E-state index in [0.29, 0.717) is 6.42 Å². The van der Waals surface area contributed by atoms with E-state index in [4.69, 9.17) is 0 Å². The van der Waals surface area contributed by atoms with Gasteiger partial charge < -0.3 is 4.90 Å². The minimum Gasteiger partial charge on any atom is -0.341 e. The van der Waals surface area contributed by atoms with Gasteiger partial charge in [0.15, 0.2) is 0 Å². The van der Waals surface area contributed by atoms with Gasteiger partial charge in [-0.25, -0.2) is 0 Å². The summed E-state index contributed by atoms with van der Waals surface area (Å²) in [6.07, 6.45) is 1.68. The number of rotatable bonds is 4. The van der Waals surface area contributed by atoms with E-state index in [0.717, 1.165) is 39.1 Å². The van der Waals surface area contributed by atoms with Gasteiger partial charge in [0, 0.05) is 39.1 Å². The number of benzene rings is 2. The van der Waals surface area contributed by atoms with Crippen molar-refractivity contribution in [3.63, 3.8) is 0 Å². The quantitative estimate of drug-likeness (QED) is 0.855. The summed E-state index contributed by atoms with van der Waals surface area (Å²) in [5.41, 5.74) is 3.85. The lowest BCUT2D eigenvalue weighted by Crippen LogP contribution is -2.34. The lowest BCUT2D eigenvalue weighted by Gasteiger charge is -2.21. The summed E-state index contributed by atoms with van der Waals surface area (Å²) in [7, 11) is 0. The molecule has 3 rings (SSSR count). The third-order valence-corrected chi connectivity index (χ3v) is 4.71. The minimum atomic E-state index is 0.282. The van der Waals surface area contributed by atoms with E-state index in [9.17, 15) is 4.79 Å². The van der Waals surface area contributed by atoms with Gasteiger partial charge in [-0.1, -0.05) is 61.5 Å². The summed E-state index contributed by atoms with van der Waals surface area (Å²) in [5.74, 6) is 0.282. The van der Waals surface area contributed by atoms with Gasteiger partial charge in [-0.3, -0.25) is 9.69 Å². The Labute approximate surface area is 144 Å². The Bertz CT molecular complexity index is 651. The van der Waals surface area contributed by atoms with Crippen LogP contribution in [0.5, 0.6) is 0 Å². The van der Waals surface area contributed by atoms with Crippen molar-refractivity contribution < 1.29 is 4.79 Å². The number of hydrogen-bond donors (Lipinski definition) is 0. The fourth-order valence-corrected chi connectivity index (χ4v) is 3.29. The predicted octanol–water partition coefficient (Wildman–Crippen LogP) is 3.80. The molecule has 0 radical (unpaired) electrons. The molecule has 0 bridgehead atoms. The Morgan fingerprint density at radius 3 is 2.29 bits per heavy atom. The highest BCUT2D eigenvalue weighted by Gasteiger charge is 2.17. The van der Waals surface area contributed by atoms with Crippen LogP contribution < -0.4 is 0 Å². The zero-order valence-corrected chi connectivity index (χ0v) is 14.4. The van der Waals surface area contributed by atoms with Crippen LogP contribution in [0.15, 0.2) is 54.6 Å². The molecule has 1 amide bonds. The summed E-state index contributed by atoms with van der Waals surface area (Å²) in [5, 5.41) is 0. The molecule has 0 N–H and O–H groups in total. The van der Waals surface area contributed by atoms with Crippen LogP contribution in [0.4, 0.5) is 0 Å². The molecule has 3 nitrogen and oxygen atoms in total. The molecule has 0 aliphatic carbocycles. The van der Waals surface area contributed by atoms with Crippen molar-refractivity contribution in [3.8, 4) is 11.1 Å². The van der Waals surface area contributed by atoms with E-state index in [-0.39, 0.29) is 5.91 Å². The van der Waals surface area contributed by atoms with Crippen molar-refractivity contribution in [2.24, 2.45) is 0 Å². The van der Waals surface area contributed by atoms with Gasteiger partial charge in [0.25, 0.3) is 0 Å². The summed E-state index contributed by atoms with van der Waals surface area (Å²) >= 11 is 0. The van der Waals surface area contributed by atoms with E-state index in [1.807, 2.05) is 17.9 Å². The van der Waals surface area contributed by atoms with Crippen molar-refractivity contribution in [1.29, 1.82) is 0 Å². The fourth-order valence-electron chi connectivity index (χ4n) is 3.29. The summed E-state index contributed by atoms with van der Waals surface area (Å²) in [6, 6.07) is 19.3. The van der Waals surface area contributed by atoms with Crippen molar-refractivity contribution >= 4 is 5.91 Å². The maximum absolute atomic E-state index is 11.9. The van der Waals surface area contributed by atoms with Gasteiger partial charge in [0.05, 0.1) is 0 Å². The van der Waals surface area contributed by atoms with Crippen molar-refractivity contribution in [1.82, 2.24) is 9.80 Å². The summed E-state index contributed by atoms with van der Waals surface area (Å²) in [4.78, 5) is 16.3. The lowest BCUT2D eigenvalue weighted by atomic mass is 10.0. The standard InChI is InChI=1S/C21H26N2O/c1-2-21(24)23-14-6-13-22(15-16-23)17-18-9-11-20(12-10-18)19-7-4-3-5-8-19/h3-5,7-12H,2,6,13-17H2,1H3. The molecule has 0 spiro atoms. The van der Waals surface area contributed by atoms with Crippen LogP contribution in [0.25, 0.3) is 11.1 Å².